The number of hydrogen-bond acceptors (Lipinski definition) is 6. The second-order valence-electron chi connectivity index (χ2n) is 7.87. The molecular weight excluding hydrogens is 473 g/mol. The summed E-state index contributed by atoms with van der Waals surface area (Å²) in [5.41, 5.74) is 1.52. The summed E-state index contributed by atoms with van der Waals surface area (Å²) in [6, 6.07) is 18.3. The quantitative estimate of drug-likeness (QED) is 0.491. The molecule has 1 heterocycles. The van der Waals surface area contributed by atoms with Gasteiger partial charge in [0.25, 0.3) is 5.91 Å². The van der Waals surface area contributed by atoms with Crippen molar-refractivity contribution in [2.75, 3.05) is 44.0 Å². The van der Waals surface area contributed by atoms with Crippen molar-refractivity contribution in [2.24, 2.45) is 0 Å². The fourth-order valence-corrected chi connectivity index (χ4v) is 5.34. The molecule has 0 radical (unpaired) electrons. The molecule has 4 rings (SSSR count). The maximum Gasteiger partial charge on any atom is 0.251 e. The van der Waals surface area contributed by atoms with Crippen LogP contribution in [-0.2, 0) is 19.6 Å². The van der Waals surface area contributed by atoms with Crippen LogP contribution in [0.5, 0.6) is 5.75 Å². The highest BCUT2D eigenvalue weighted by Crippen LogP contribution is 2.32. The summed E-state index contributed by atoms with van der Waals surface area (Å²) >= 11 is 0. The van der Waals surface area contributed by atoms with Gasteiger partial charge in [0.15, 0.2) is 0 Å². The lowest BCUT2D eigenvalue weighted by molar-refractivity contribution is -0.117. The van der Waals surface area contributed by atoms with Crippen molar-refractivity contribution in [3.63, 3.8) is 0 Å². The van der Waals surface area contributed by atoms with Gasteiger partial charge in [0.05, 0.1) is 20.3 Å². The van der Waals surface area contributed by atoms with Gasteiger partial charge in [-0.2, -0.15) is 4.31 Å². The van der Waals surface area contributed by atoms with Gasteiger partial charge in [-0.1, -0.05) is 30.3 Å². The zero-order chi connectivity index (χ0) is 24.8. The first-order chi connectivity index (χ1) is 16.9. The Morgan fingerprint density at radius 1 is 1.00 bits per heavy atom. The molecule has 0 spiro atoms. The molecule has 2 N–H and O–H groups in total. The first-order valence-corrected chi connectivity index (χ1v) is 12.5. The number of rotatable bonds is 8. The van der Waals surface area contributed by atoms with Gasteiger partial charge in [-0.25, -0.2) is 12.8 Å². The zero-order valence-electron chi connectivity index (χ0n) is 19.1. The molecule has 35 heavy (non-hydrogen) atoms. The van der Waals surface area contributed by atoms with E-state index < -0.39 is 27.8 Å². The smallest absolute Gasteiger partial charge is 0.251 e. The van der Waals surface area contributed by atoms with E-state index in [0.717, 1.165) is 0 Å². The third-order valence-electron chi connectivity index (χ3n) is 5.57. The molecule has 0 aromatic heterocycles. The van der Waals surface area contributed by atoms with Crippen molar-refractivity contribution in [3.8, 4) is 5.75 Å². The summed E-state index contributed by atoms with van der Waals surface area (Å²) < 4.78 is 51.9. The minimum atomic E-state index is -3.85. The molecule has 0 bridgehead atoms. The van der Waals surface area contributed by atoms with E-state index in [1.165, 1.54) is 41.7 Å². The Balaban J connectivity index is 1.65. The molecule has 1 amide bonds. The number of halogens is 1. The van der Waals surface area contributed by atoms with E-state index in [2.05, 4.69) is 10.6 Å². The number of carbonyl (C=O) groups excluding carboxylic acids is 1. The van der Waals surface area contributed by atoms with Crippen LogP contribution in [0.2, 0.25) is 0 Å². The van der Waals surface area contributed by atoms with Crippen molar-refractivity contribution < 1.29 is 27.1 Å². The molecule has 1 saturated heterocycles. The summed E-state index contributed by atoms with van der Waals surface area (Å²) in [5, 5.41) is 5.92. The van der Waals surface area contributed by atoms with Crippen LogP contribution in [0.4, 0.5) is 15.8 Å². The number of nitrogens with one attached hydrogen (secondary N) is 2. The van der Waals surface area contributed by atoms with Crippen LogP contribution in [0.1, 0.15) is 11.6 Å². The number of carbonyl (C=O) groups is 1. The molecule has 1 fully saturated rings. The standard InChI is InChI=1S/C25H26FN3O5S/c1-33-22-12-11-21(17-23(22)35(31,32)29-13-15-34-16-14-29)27-24(18-5-3-2-4-6-18)25(30)28-20-9-7-19(26)8-10-20/h2-12,17,24,27H,13-16H2,1H3,(H,28,30). The molecule has 0 saturated carbocycles. The van der Waals surface area contributed by atoms with Crippen LogP contribution in [-0.4, -0.2) is 52.0 Å². The third kappa shape index (κ3) is 5.79. The van der Waals surface area contributed by atoms with Gasteiger partial charge in [-0.3, -0.25) is 4.79 Å². The largest absolute Gasteiger partial charge is 0.495 e. The first-order valence-electron chi connectivity index (χ1n) is 11.0. The van der Waals surface area contributed by atoms with Crippen LogP contribution in [0.3, 0.4) is 0 Å². The Hall–Kier alpha value is -3.47. The molecule has 3 aromatic carbocycles. The average molecular weight is 500 g/mol. The van der Waals surface area contributed by atoms with E-state index in [1.54, 1.807) is 36.4 Å². The van der Waals surface area contributed by atoms with E-state index in [-0.39, 0.29) is 23.7 Å². The molecule has 1 unspecified atom stereocenters. The normalized spacial score (nSPS) is 15.3. The van der Waals surface area contributed by atoms with E-state index >= 15 is 0 Å². The highest BCUT2D eigenvalue weighted by atomic mass is 32.2. The van der Waals surface area contributed by atoms with Gasteiger partial charge in [-0.15, -0.1) is 0 Å². The third-order valence-corrected chi connectivity index (χ3v) is 7.49. The number of methoxy groups -OCH3 is 1. The fourth-order valence-electron chi connectivity index (χ4n) is 3.75. The van der Waals surface area contributed by atoms with Crippen molar-refractivity contribution in [1.29, 1.82) is 0 Å². The molecule has 1 aliphatic rings. The number of anilines is 2. The van der Waals surface area contributed by atoms with Crippen molar-refractivity contribution in [1.82, 2.24) is 4.31 Å². The second kappa shape index (κ2) is 10.9. The summed E-state index contributed by atoms with van der Waals surface area (Å²) in [6.45, 7) is 1.13. The van der Waals surface area contributed by atoms with Gasteiger partial charge in [0, 0.05) is 24.5 Å². The zero-order valence-corrected chi connectivity index (χ0v) is 19.9. The Morgan fingerprint density at radius 2 is 1.66 bits per heavy atom. The highest BCUT2D eigenvalue weighted by Gasteiger charge is 2.30. The van der Waals surface area contributed by atoms with Crippen LogP contribution in [0.25, 0.3) is 0 Å². The SMILES string of the molecule is COc1ccc(NC(C(=O)Nc2ccc(F)cc2)c2ccccc2)cc1S(=O)(=O)N1CCOCC1. The minimum absolute atomic E-state index is 0.00217. The Bertz CT molecular complexity index is 1260. The summed E-state index contributed by atoms with van der Waals surface area (Å²) in [4.78, 5) is 13.2. The fraction of sp³-hybridized carbons (Fsp3) is 0.240. The monoisotopic (exact) mass is 499 g/mol. The molecule has 184 valence electrons. The highest BCUT2D eigenvalue weighted by molar-refractivity contribution is 7.89. The van der Waals surface area contributed by atoms with Crippen LogP contribution < -0.4 is 15.4 Å². The van der Waals surface area contributed by atoms with E-state index in [4.69, 9.17) is 9.47 Å². The van der Waals surface area contributed by atoms with Crippen LogP contribution >= 0.6 is 0 Å². The minimum Gasteiger partial charge on any atom is -0.495 e. The number of benzene rings is 3. The van der Waals surface area contributed by atoms with Gasteiger partial charge in [0.1, 0.15) is 22.5 Å². The van der Waals surface area contributed by atoms with Gasteiger partial charge >= 0.3 is 0 Å². The number of nitrogens with zero attached hydrogens (tertiary/aromatic N) is 1. The van der Waals surface area contributed by atoms with Crippen LogP contribution in [0, 0.1) is 5.82 Å². The number of ether oxygens (including phenoxy) is 2. The first kappa shape index (κ1) is 24.6. The molecule has 3 aromatic rings. The van der Waals surface area contributed by atoms with Crippen molar-refractivity contribution in [2.45, 2.75) is 10.9 Å². The lowest BCUT2D eigenvalue weighted by Crippen LogP contribution is -2.40. The summed E-state index contributed by atoms with van der Waals surface area (Å²) in [6.07, 6.45) is 0. The molecule has 1 atom stereocenters. The summed E-state index contributed by atoms with van der Waals surface area (Å²) in [7, 11) is -2.44. The van der Waals surface area contributed by atoms with E-state index in [9.17, 15) is 17.6 Å². The number of morpholine rings is 1. The predicted molar refractivity (Wildman–Crippen MR) is 130 cm³/mol. The second-order valence-corrected chi connectivity index (χ2v) is 9.77. The molecule has 10 heteroatoms. The molecule has 0 aliphatic carbocycles. The number of sulfonamides is 1. The van der Waals surface area contributed by atoms with E-state index in [0.29, 0.717) is 30.2 Å². The average Bonchev–Trinajstić information content (AvgIpc) is 2.89. The Kier molecular flexibility index (Phi) is 7.64. The lowest BCUT2D eigenvalue weighted by atomic mass is 10.1. The van der Waals surface area contributed by atoms with Crippen molar-refractivity contribution >= 4 is 27.3 Å². The Morgan fingerprint density at radius 3 is 2.31 bits per heavy atom. The topological polar surface area (TPSA) is 97.0 Å². The van der Waals surface area contributed by atoms with Gasteiger partial charge in [0.2, 0.25) is 10.0 Å². The number of hydrogen-bond donors (Lipinski definition) is 2. The Labute approximate surface area is 203 Å². The predicted octanol–water partition coefficient (Wildman–Crippen LogP) is 3.65. The molecule has 8 nitrogen and oxygen atoms in total. The van der Waals surface area contributed by atoms with Gasteiger partial charge < -0.3 is 20.1 Å². The maximum absolute atomic E-state index is 13.3. The van der Waals surface area contributed by atoms with E-state index in [1.807, 2.05) is 6.07 Å². The van der Waals surface area contributed by atoms with Crippen molar-refractivity contribution in [3.05, 3.63) is 84.2 Å². The molecular formula is C25H26FN3O5S. The number of amides is 1. The molecule has 1 aliphatic heterocycles. The summed E-state index contributed by atoms with van der Waals surface area (Å²) in [5.74, 6) is -0.599. The maximum atomic E-state index is 13.3. The van der Waals surface area contributed by atoms with Crippen LogP contribution in [0.15, 0.2) is 77.7 Å². The lowest BCUT2D eigenvalue weighted by Gasteiger charge is -2.27. The van der Waals surface area contributed by atoms with Gasteiger partial charge in [-0.05, 0) is 48.0 Å².